The van der Waals surface area contributed by atoms with Crippen LogP contribution in [0.15, 0.2) is 6.07 Å². The molecule has 0 bridgehead atoms. The number of thiophene rings is 1. The molecule has 0 aliphatic heterocycles. The summed E-state index contributed by atoms with van der Waals surface area (Å²) in [6, 6.07) is 2.24. The van der Waals surface area contributed by atoms with Crippen LogP contribution in [0, 0.1) is 13.8 Å². The van der Waals surface area contributed by atoms with Crippen LogP contribution in [-0.4, -0.2) is 26.0 Å². The van der Waals surface area contributed by atoms with Gasteiger partial charge in [-0.3, -0.25) is 4.79 Å². The lowest BCUT2D eigenvalue weighted by atomic mass is 10.1. The minimum absolute atomic E-state index is 0.177. The number of carbonyl (C=O) groups is 1. The van der Waals surface area contributed by atoms with Crippen LogP contribution >= 0.6 is 11.3 Å². The van der Waals surface area contributed by atoms with E-state index in [1.165, 1.54) is 15.3 Å². The summed E-state index contributed by atoms with van der Waals surface area (Å²) >= 11 is 1.84. The number of hydrogen-bond donors (Lipinski definition) is 2. The van der Waals surface area contributed by atoms with E-state index in [0.717, 1.165) is 32.4 Å². The highest BCUT2D eigenvalue weighted by Crippen LogP contribution is 2.21. The Bertz CT molecular complexity index is 374. The molecule has 18 heavy (non-hydrogen) atoms. The maximum Gasteiger partial charge on any atom is 0.220 e. The molecule has 3 nitrogen and oxygen atoms in total. The Morgan fingerprint density at radius 2 is 2.06 bits per heavy atom. The monoisotopic (exact) mass is 268 g/mol. The standard InChI is InChI=1S/C14H24N2OS/c1-11-10-13(12(2)18-11)6-4-7-14(17)16-9-5-8-15-3/h10,15H,4-9H2,1-3H3,(H,16,17). The van der Waals surface area contributed by atoms with Crippen LogP contribution in [0.3, 0.4) is 0 Å². The minimum Gasteiger partial charge on any atom is -0.356 e. The van der Waals surface area contributed by atoms with Gasteiger partial charge in [-0.15, -0.1) is 11.3 Å². The summed E-state index contributed by atoms with van der Waals surface area (Å²) in [5.41, 5.74) is 1.40. The molecule has 0 spiro atoms. The molecular weight excluding hydrogens is 244 g/mol. The molecule has 0 fully saturated rings. The number of rotatable bonds is 8. The molecule has 0 saturated heterocycles. The normalized spacial score (nSPS) is 10.6. The van der Waals surface area contributed by atoms with Gasteiger partial charge >= 0.3 is 0 Å². The summed E-state index contributed by atoms with van der Waals surface area (Å²) in [6.07, 6.45) is 3.58. The topological polar surface area (TPSA) is 41.1 Å². The van der Waals surface area contributed by atoms with Gasteiger partial charge in [0.15, 0.2) is 0 Å². The molecule has 1 amide bonds. The fourth-order valence-electron chi connectivity index (χ4n) is 1.95. The van der Waals surface area contributed by atoms with Crippen molar-refractivity contribution in [1.82, 2.24) is 10.6 Å². The summed E-state index contributed by atoms with van der Waals surface area (Å²) in [6.45, 7) is 6.02. The third kappa shape index (κ3) is 5.65. The number of amides is 1. The Balaban J connectivity index is 2.13. The first-order valence-electron chi connectivity index (χ1n) is 6.60. The van der Waals surface area contributed by atoms with E-state index in [2.05, 4.69) is 30.5 Å². The van der Waals surface area contributed by atoms with Crippen molar-refractivity contribution in [3.8, 4) is 0 Å². The third-order valence-corrected chi connectivity index (χ3v) is 3.93. The average molecular weight is 268 g/mol. The fourth-order valence-corrected chi connectivity index (χ4v) is 2.93. The van der Waals surface area contributed by atoms with Gasteiger partial charge in [0.2, 0.25) is 5.91 Å². The Kier molecular flexibility index (Phi) is 6.98. The highest BCUT2D eigenvalue weighted by molar-refractivity contribution is 7.12. The molecule has 0 unspecified atom stereocenters. The summed E-state index contributed by atoms with van der Waals surface area (Å²) in [5.74, 6) is 0.177. The molecule has 2 N–H and O–H groups in total. The van der Waals surface area contributed by atoms with E-state index in [4.69, 9.17) is 0 Å². The molecule has 1 heterocycles. The Hall–Kier alpha value is -0.870. The van der Waals surface area contributed by atoms with Crippen molar-refractivity contribution in [2.75, 3.05) is 20.1 Å². The van der Waals surface area contributed by atoms with Gasteiger partial charge in [0.05, 0.1) is 0 Å². The minimum atomic E-state index is 0.177. The highest BCUT2D eigenvalue weighted by Gasteiger charge is 2.05. The first-order chi connectivity index (χ1) is 8.63. The zero-order valence-electron chi connectivity index (χ0n) is 11.6. The summed E-state index contributed by atoms with van der Waals surface area (Å²) in [4.78, 5) is 14.3. The van der Waals surface area contributed by atoms with E-state index in [0.29, 0.717) is 6.42 Å². The number of carbonyl (C=O) groups excluding carboxylic acids is 1. The Morgan fingerprint density at radius 3 is 2.67 bits per heavy atom. The molecule has 102 valence electrons. The van der Waals surface area contributed by atoms with Gasteiger partial charge in [-0.2, -0.15) is 0 Å². The van der Waals surface area contributed by atoms with Crippen molar-refractivity contribution in [3.63, 3.8) is 0 Å². The molecule has 0 aliphatic rings. The lowest BCUT2D eigenvalue weighted by molar-refractivity contribution is -0.121. The highest BCUT2D eigenvalue weighted by atomic mass is 32.1. The van der Waals surface area contributed by atoms with E-state index < -0.39 is 0 Å². The van der Waals surface area contributed by atoms with Crippen LogP contribution < -0.4 is 10.6 Å². The van der Waals surface area contributed by atoms with Crippen LogP contribution in [0.25, 0.3) is 0 Å². The van der Waals surface area contributed by atoms with Crippen LogP contribution in [0.2, 0.25) is 0 Å². The lowest BCUT2D eigenvalue weighted by Gasteiger charge is -2.05. The molecule has 1 aromatic rings. The third-order valence-electron chi connectivity index (χ3n) is 2.92. The predicted octanol–water partition coefficient (Wildman–Crippen LogP) is 2.41. The molecule has 0 saturated carbocycles. The fraction of sp³-hybridized carbons (Fsp3) is 0.643. The Labute approximate surface area is 114 Å². The maximum absolute atomic E-state index is 11.6. The molecule has 1 aromatic heterocycles. The van der Waals surface area contributed by atoms with E-state index >= 15 is 0 Å². The molecule has 0 aliphatic carbocycles. The van der Waals surface area contributed by atoms with Gasteiger partial charge in [0, 0.05) is 22.7 Å². The zero-order chi connectivity index (χ0) is 13.4. The number of nitrogens with one attached hydrogen (secondary N) is 2. The molecular formula is C14H24N2OS. The van der Waals surface area contributed by atoms with Crippen LogP contribution in [0.5, 0.6) is 0 Å². The summed E-state index contributed by atoms with van der Waals surface area (Å²) in [5, 5.41) is 6.01. The SMILES string of the molecule is CNCCCNC(=O)CCCc1cc(C)sc1C. The predicted molar refractivity (Wildman–Crippen MR) is 78.3 cm³/mol. The van der Waals surface area contributed by atoms with E-state index in [9.17, 15) is 4.79 Å². The molecule has 0 radical (unpaired) electrons. The smallest absolute Gasteiger partial charge is 0.220 e. The van der Waals surface area contributed by atoms with Crippen molar-refractivity contribution >= 4 is 17.2 Å². The van der Waals surface area contributed by atoms with E-state index in [-0.39, 0.29) is 5.91 Å². The molecule has 1 rings (SSSR count). The van der Waals surface area contributed by atoms with Crippen molar-refractivity contribution in [1.29, 1.82) is 0 Å². The van der Waals surface area contributed by atoms with Crippen molar-refractivity contribution in [3.05, 3.63) is 21.4 Å². The summed E-state index contributed by atoms with van der Waals surface area (Å²) < 4.78 is 0. The maximum atomic E-state index is 11.6. The first-order valence-corrected chi connectivity index (χ1v) is 7.42. The van der Waals surface area contributed by atoms with Gasteiger partial charge in [-0.25, -0.2) is 0 Å². The van der Waals surface area contributed by atoms with Crippen LogP contribution in [-0.2, 0) is 11.2 Å². The lowest BCUT2D eigenvalue weighted by Crippen LogP contribution is -2.26. The first kappa shape index (κ1) is 15.2. The quantitative estimate of drug-likeness (QED) is 0.711. The van der Waals surface area contributed by atoms with Gasteiger partial charge in [0.25, 0.3) is 0 Å². The second-order valence-corrected chi connectivity index (χ2v) is 6.06. The van der Waals surface area contributed by atoms with E-state index in [1.54, 1.807) is 0 Å². The zero-order valence-corrected chi connectivity index (χ0v) is 12.5. The van der Waals surface area contributed by atoms with Gasteiger partial charge < -0.3 is 10.6 Å². The number of aryl methyl sites for hydroxylation is 3. The van der Waals surface area contributed by atoms with Gasteiger partial charge in [-0.05, 0) is 58.3 Å². The van der Waals surface area contributed by atoms with Gasteiger partial charge in [0.1, 0.15) is 0 Å². The van der Waals surface area contributed by atoms with Crippen LogP contribution in [0.1, 0.15) is 34.6 Å². The van der Waals surface area contributed by atoms with Crippen molar-refractivity contribution in [2.24, 2.45) is 0 Å². The summed E-state index contributed by atoms with van der Waals surface area (Å²) in [7, 11) is 1.92. The van der Waals surface area contributed by atoms with E-state index in [1.807, 2.05) is 18.4 Å². The largest absolute Gasteiger partial charge is 0.356 e. The van der Waals surface area contributed by atoms with Gasteiger partial charge in [-0.1, -0.05) is 0 Å². The molecule has 4 heteroatoms. The second kappa shape index (κ2) is 8.27. The second-order valence-electron chi connectivity index (χ2n) is 4.60. The Morgan fingerprint density at radius 1 is 1.28 bits per heavy atom. The average Bonchev–Trinajstić information content (AvgIpc) is 2.64. The van der Waals surface area contributed by atoms with Crippen molar-refractivity contribution < 1.29 is 4.79 Å². The molecule has 0 atom stereocenters. The van der Waals surface area contributed by atoms with Crippen LogP contribution in [0.4, 0.5) is 0 Å². The number of hydrogen-bond acceptors (Lipinski definition) is 3. The molecule has 0 aromatic carbocycles. The van der Waals surface area contributed by atoms with Crippen molar-refractivity contribution in [2.45, 2.75) is 39.5 Å².